The van der Waals surface area contributed by atoms with E-state index in [0.717, 1.165) is 11.2 Å². The van der Waals surface area contributed by atoms with E-state index < -0.39 is 0 Å². The maximum absolute atomic E-state index is 9.89. The second-order valence-electron chi connectivity index (χ2n) is 6.15. The van der Waals surface area contributed by atoms with Crippen molar-refractivity contribution in [3.63, 3.8) is 0 Å². The lowest BCUT2D eigenvalue weighted by Crippen LogP contribution is -2.65. The molecule has 6 nitrogen and oxygen atoms in total. The number of fused-ring (bicyclic) bond motifs is 1. The summed E-state index contributed by atoms with van der Waals surface area (Å²) in [6, 6.07) is 4.40. The molecule has 1 aliphatic rings. The van der Waals surface area contributed by atoms with Crippen LogP contribution in [0.4, 0.5) is 0 Å². The van der Waals surface area contributed by atoms with Gasteiger partial charge in [-0.05, 0) is 20.0 Å². The van der Waals surface area contributed by atoms with Gasteiger partial charge in [0.15, 0.2) is 0 Å². The highest BCUT2D eigenvalue weighted by Gasteiger charge is 2.39. The highest BCUT2D eigenvalue weighted by Crippen LogP contribution is 2.21. The molecule has 22 heavy (non-hydrogen) atoms. The first-order chi connectivity index (χ1) is 10.7. The van der Waals surface area contributed by atoms with Gasteiger partial charge in [0.1, 0.15) is 5.65 Å². The molecule has 6 heteroatoms. The first-order valence-electron chi connectivity index (χ1n) is 7.69. The molecular formula is C16H24N4O2. The summed E-state index contributed by atoms with van der Waals surface area (Å²) < 4.78 is 7.67. The Balaban J connectivity index is 1.67. The molecule has 0 unspecified atom stereocenters. The van der Waals surface area contributed by atoms with E-state index in [4.69, 9.17) is 4.74 Å². The average molecular weight is 304 g/mol. The Bertz CT molecular complexity index is 629. The first-order valence-corrected chi connectivity index (χ1v) is 7.69. The number of aromatic nitrogens is 2. The molecule has 3 heterocycles. The number of imidazole rings is 1. The van der Waals surface area contributed by atoms with Crippen molar-refractivity contribution in [2.45, 2.75) is 25.0 Å². The maximum atomic E-state index is 9.89. The van der Waals surface area contributed by atoms with Gasteiger partial charge in [-0.25, -0.2) is 4.98 Å². The minimum Gasteiger partial charge on any atom is -0.394 e. The lowest BCUT2D eigenvalue weighted by Gasteiger charge is -2.47. The lowest BCUT2D eigenvalue weighted by atomic mass is 9.96. The molecule has 2 aromatic rings. The Kier molecular flexibility index (Phi) is 4.44. The molecule has 0 bridgehead atoms. The number of nitrogens with zero attached hydrogens (tertiary/aromatic N) is 3. The molecule has 1 aliphatic heterocycles. The smallest absolute Gasteiger partial charge is 0.141 e. The molecular weight excluding hydrogens is 280 g/mol. The summed E-state index contributed by atoms with van der Waals surface area (Å²) in [5, 5.41) is 13.3. The van der Waals surface area contributed by atoms with Crippen molar-refractivity contribution in [3.8, 4) is 0 Å². The van der Waals surface area contributed by atoms with E-state index in [1.807, 2.05) is 22.9 Å². The summed E-state index contributed by atoms with van der Waals surface area (Å²) in [6.45, 7) is 4.84. The number of aliphatic hydroxyl groups is 1. The van der Waals surface area contributed by atoms with Crippen LogP contribution in [-0.2, 0) is 11.3 Å². The summed E-state index contributed by atoms with van der Waals surface area (Å²) in [4.78, 5) is 6.61. The minimum absolute atomic E-state index is 0.0778. The molecule has 0 amide bonds. The van der Waals surface area contributed by atoms with E-state index in [-0.39, 0.29) is 12.1 Å². The van der Waals surface area contributed by atoms with Crippen molar-refractivity contribution >= 4 is 5.65 Å². The quantitative estimate of drug-likeness (QED) is 0.842. The molecule has 3 rings (SSSR count). The number of hydrogen-bond donors (Lipinski definition) is 2. The predicted molar refractivity (Wildman–Crippen MR) is 84.8 cm³/mol. The van der Waals surface area contributed by atoms with E-state index in [0.29, 0.717) is 32.3 Å². The van der Waals surface area contributed by atoms with Crippen molar-refractivity contribution in [1.29, 1.82) is 0 Å². The molecule has 120 valence electrons. The second kappa shape index (κ2) is 6.34. The SMILES string of the molecule is C[C@@H]1COC[C@@](CO)(CNCc2cccn3ccnc23)N1C. The fourth-order valence-electron chi connectivity index (χ4n) is 3.07. The van der Waals surface area contributed by atoms with Crippen LogP contribution in [0.2, 0.25) is 0 Å². The summed E-state index contributed by atoms with van der Waals surface area (Å²) in [6.07, 6.45) is 5.74. The zero-order chi connectivity index (χ0) is 15.6. The van der Waals surface area contributed by atoms with Gasteiger partial charge in [0, 0.05) is 43.3 Å². The molecule has 0 aliphatic carbocycles. The van der Waals surface area contributed by atoms with Crippen LogP contribution in [0.3, 0.4) is 0 Å². The minimum atomic E-state index is -0.363. The van der Waals surface area contributed by atoms with Gasteiger partial charge in [0.2, 0.25) is 0 Å². The number of pyridine rings is 1. The van der Waals surface area contributed by atoms with Crippen molar-refractivity contribution < 1.29 is 9.84 Å². The molecule has 0 spiro atoms. The van der Waals surface area contributed by atoms with Crippen LogP contribution < -0.4 is 5.32 Å². The predicted octanol–water partition coefficient (Wildman–Crippen LogP) is 0.505. The fourth-order valence-corrected chi connectivity index (χ4v) is 3.07. The number of morpholine rings is 1. The molecule has 1 fully saturated rings. The number of hydrogen-bond acceptors (Lipinski definition) is 5. The third-order valence-electron chi connectivity index (χ3n) is 4.70. The van der Waals surface area contributed by atoms with Gasteiger partial charge in [-0.3, -0.25) is 4.90 Å². The topological polar surface area (TPSA) is 62.0 Å². The van der Waals surface area contributed by atoms with E-state index in [1.165, 1.54) is 0 Å². The third kappa shape index (κ3) is 2.75. The molecule has 2 aromatic heterocycles. The normalized spacial score (nSPS) is 26.6. The molecule has 2 N–H and O–H groups in total. The van der Waals surface area contributed by atoms with E-state index in [1.54, 1.807) is 6.20 Å². The van der Waals surface area contributed by atoms with E-state index >= 15 is 0 Å². The van der Waals surface area contributed by atoms with Gasteiger partial charge in [0.25, 0.3) is 0 Å². The standard InChI is InChI=1S/C16H24N4O2/c1-13-9-22-12-16(11-21,19(13)2)10-17-8-14-4-3-6-20-7-5-18-15(14)20/h3-7,13,17,21H,8-12H2,1-2H3/t13-,16+/m1/s1. The van der Waals surface area contributed by atoms with Crippen molar-refractivity contribution in [2.75, 3.05) is 33.4 Å². The zero-order valence-corrected chi connectivity index (χ0v) is 13.2. The average Bonchev–Trinajstić information content (AvgIpc) is 3.01. The second-order valence-corrected chi connectivity index (χ2v) is 6.15. The van der Waals surface area contributed by atoms with Crippen LogP contribution in [0, 0.1) is 0 Å². The molecule has 1 saturated heterocycles. The summed E-state index contributed by atoms with van der Waals surface area (Å²) in [7, 11) is 2.06. The lowest BCUT2D eigenvalue weighted by molar-refractivity contribution is -0.106. The van der Waals surface area contributed by atoms with E-state index in [2.05, 4.69) is 35.2 Å². The number of ether oxygens (including phenoxy) is 1. The number of aliphatic hydroxyl groups excluding tert-OH is 1. The molecule has 0 saturated carbocycles. The molecule has 0 aromatic carbocycles. The first kappa shape index (κ1) is 15.4. The third-order valence-corrected chi connectivity index (χ3v) is 4.70. The highest BCUT2D eigenvalue weighted by molar-refractivity contribution is 5.47. The van der Waals surface area contributed by atoms with Gasteiger partial charge in [-0.1, -0.05) is 6.07 Å². The van der Waals surface area contributed by atoms with Crippen molar-refractivity contribution in [3.05, 3.63) is 36.3 Å². The number of likely N-dealkylation sites (N-methyl/N-ethyl adjacent to an activating group) is 1. The van der Waals surface area contributed by atoms with E-state index in [9.17, 15) is 5.11 Å². The van der Waals surface area contributed by atoms with Gasteiger partial charge >= 0.3 is 0 Å². The Morgan fingerprint density at radius 1 is 1.50 bits per heavy atom. The highest BCUT2D eigenvalue weighted by atomic mass is 16.5. The van der Waals surface area contributed by atoms with Crippen LogP contribution in [0.25, 0.3) is 5.65 Å². The van der Waals surface area contributed by atoms with Crippen LogP contribution in [0.15, 0.2) is 30.7 Å². The molecule has 0 radical (unpaired) electrons. The van der Waals surface area contributed by atoms with Gasteiger partial charge in [0.05, 0.1) is 25.4 Å². The zero-order valence-electron chi connectivity index (χ0n) is 13.2. The monoisotopic (exact) mass is 304 g/mol. The maximum Gasteiger partial charge on any atom is 0.141 e. The summed E-state index contributed by atoms with van der Waals surface area (Å²) in [5.74, 6) is 0. The Morgan fingerprint density at radius 2 is 2.36 bits per heavy atom. The Morgan fingerprint density at radius 3 is 3.18 bits per heavy atom. The van der Waals surface area contributed by atoms with Crippen LogP contribution >= 0.6 is 0 Å². The van der Waals surface area contributed by atoms with Crippen LogP contribution in [0.1, 0.15) is 12.5 Å². The molecule has 2 atom stereocenters. The Labute approximate surface area is 130 Å². The summed E-state index contributed by atoms with van der Waals surface area (Å²) in [5.41, 5.74) is 1.75. The van der Waals surface area contributed by atoms with Crippen LogP contribution in [0.5, 0.6) is 0 Å². The summed E-state index contributed by atoms with van der Waals surface area (Å²) >= 11 is 0. The number of rotatable bonds is 5. The fraction of sp³-hybridized carbons (Fsp3) is 0.562. The van der Waals surface area contributed by atoms with Gasteiger partial charge in [-0.2, -0.15) is 0 Å². The van der Waals surface area contributed by atoms with Crippen LogP contribution in [-0.4, -0.2) is 64.4 Å². The van der Waals surface area contributed by atoms with Gasteiger partial charge < -0.3 is 19.6 Å². The Hall–Kier alpha value is -1.47. The van der Waals surface area contributed by atoms with Crippen molar-refractivity contribution in [2.24, 2.45) is 0 Å². The largest absolute Gasteiger partial charge is 0.394 e. The van der Waals surface area contributed by atoms with Crippen molar-refractivity contribution in [1.82, 2.24) is 19.6 Å². The number of nitrogens with one attached hydrogen (secondary N) is 1. The van der Waals surface area contributed by atoms with Gasteiger partial charge in [-0.15, -0.1) is 0 Å².